The monoisotopic (exact) mass is 430 g/mol. The van der Waals surface area contributed by atoms with Crippen LogP contribution in [0.4, 0.5) is 11.4 Å². The van der Waals surface area contributed by atoms with Crippen molar-refractivity contribution >= 4 is 17.3 Å². The quantitative estimate of drug-likeness (QED) is 0.621. The van der Waals surface area contributed by atoms with Crippen LogP contribution in [0.5, 0.6) is 5.75 Å². The van der Waals surface area contributed by atoms with Crippen molar-refractivity contribution < 1.29 is 9.53 Å². The van der Waals surface area contributed by atoms with E-state index < -0.39 is 0 Å². The number of benzene rings is 2. The van der Waals surface area contributed by atoms with Gasteiger partial charge in [-0.15, -0.1) is 0 Å². The van der Waals surface area contributed by atoms with Crippen LogP contribution in [-0.2, 0) is 0 Å². The number of carbonyl (C=O) groups is 1. The molecule has 0 atom stereocenters. The normalized spacial score (nSPS) is 14.3. The maximum atomic E-state index is 13.1. The number of rotatable bonds is 5. The van der Waals surface area contributed by atoms with Gasteiger partial charge < -0.3 is 20.7 Å². The van der Waals surface area contributed by atoms with Gasteiger partial charge in [-0.3, -0.25) is 9.78 Å². The van der Waals surface area contributed by atoms with E-state index in [9.17, 15) is 4.79 Å². The summed E-state index contributed by atoms with van der Waals surface area (Å²) in [5.74, 6) is 0.447. The highest BCUT2D eigenvalue weighted by atomic mass is 16.5. The Kier molecular flexibility index (Phi) is 6.42. The number of ether oxygens (including phenoxy) is 1. The molecule has 0 bridgehead atoms. The van der Waals surface area contributed by atoms with E-state index in [1.807, 2.05) is 18.3 Å². The summed E-state index contributed by atoms with van der Waals surface area (Å²) >= 11 is 0. The number of nitrogens with zero attached hydrogens (tertiary/aromatic N) is 2. The van der Waals surface area contributed by atoms with Gasteiger partial charge in [-0.1, -0.05) is 35.4 Å². The average molecular weight is 431 g/mol. The number of amides is 1. The molecule has 3 N–H and O–H groups in total. The molecule has 1 saturated heterocycles. The molecular weight excluding hydrogens is 400 g/mol. The number of hydrogen-bond acceptors (Lipinski definition) is 5. The predicted molar refractivity (Wildman–Crippen MR) is 130 cm³/mol. The largest absolute Gasteiger partial charge is 0.497 e. The second-order valence-corrected chi connectivity index (χ2v) is 8.47. The van der Waals surface area contributed by atoms with E-state index in [1.165, 1.54) is 11.1 Å². The highest BCUT2D eigenvalue weighted by Gasteiger charge is 2.24. The number of nitrogens with two attached hydrogens (primary N) is 1. The van der Waals surface area contributed by atoms with Gasteiger partial charge in [-0.25, -0.2) is 0 Å². The first-order chi connectivity index (χ1) is 15.4. The van der Waals surface area contributed by atoms with Crippen molar-refractivity contribution in [1.29, 1.82) is 0 Å². The van der Waals surface area contributed by atoms with Crippen molar-refractivity contribution in [3.05, 3.63) is 71.5 Å². The first-order valence-corrected chi connectivity index (χ1v) is 11.0. The van der Waals surface area contributed by atoms with E-state index in [0.717, 1.165) is 42.7 Å². The van der Waals surface area contributed by atoms with Crippen LogP contribution in [-0.4, -0.2) is 37.1 Å². The van der Waals surface area contributed by atoms with Crippen molar-refractivity contribution in [2.75, 3.05) is 30.4 Å². The van der Waals surface area contributed by atoms with Crippen LogP contribution in [0.25, 0.3) is 11.1 Å². The molecule has 1 aliphatic heterocycles. The van der Waals surface area contributed by atoms with Crippen molar-refractivity contribution in [3.8, 4) is 16.9 Å². The first-order valence-electron chi connectivity index (χ1n) is 11.0. The Morgan fingerprint density at radius 1 is 1.09 bits per heavy atom. The third-order valence-electron chi connectivity index (χ3n) is 5.89. The topological polar surface area (TPSA) is 80.5 Å². The lowest BCUT2D eigenvalue weighted by Gasteiger charge is -2.34. The Bertz CT molecular complexity index is 1100. The molecule has 32 heavy (non-hydrogen) atoms. The molecule has 1 fully saturated rings. The summed E-state index contributed by atoms with van der Waals surface area (Å²) < 4.78 is 5.27. The van der Waals surface area contributed by atoms with Crippen LogP contribution >= 0.6 is 0 Å². The van der Waals surface area contributed by atoms with Crippen LogP contribution in [0, 0.1) is 13.8 Å². The van der Waals surface area contributed by atoms with E-state index in [4.69, 9.17) is 10.5 Å². The number of piperidine rings is 1. The summed E-state index contributed by atoms with van der Waals surface area (Å²) in [6, 6.07) is 13.8. The standard InChI is InChI=1S/C26H30N4O2/c1-17-11-18(2)13-20(12-17)23-15-28-16-24(25(23)30-9-7-21(27)8-10-30)29-26(31)19-5-4-6-22(14-19)32-3/h4-6,11-16,21H,7-10,27H2,1-3H3,(H,29,31). The van der Waals surface area contributed by atoms with E-state index in [2.05, 4.69) is 47.2 Å². The molecule has 3 aromatic rings. The molecular formula is C26H30N4O2. The molecule has 0 radical (unpaired) electrons. The van der Waals surface area contributed by atoms with Crippen LogP contribution in [0.3, 0.4) is 0 Å². The maximum absolute atomic E-state index is 13.1. The molecule has 6 heteroatoms. The number of anilines is 2. The number of hydrogen-bond donors (Lipinski definition) is 2. The first kappa shape index (κ1) is 21.8. The summed E-state index contributed by atoms with van der Waals surface area (Å²) in [6.07, 6.45) is 5.45. The van der Waals surface area contributed by atoms with Gasteiger partial charge in [0.15, 0.2) is 0 Å². The molecule has 1 aromatic heterocycles. The van der Waals surface area contributed by atoms with Gasteiger partial charge in [-0.2, -0.15) is 0 Å². The molecule has 4 rings (SSSR count). The number of methoxy groups -OCH3 is 1. The van der Waals surface area contributed by atoms with Gasteiger partial charge in [0.2, 0.25) is 0 Å². The van der Waals surface area contributed by atoms with Gasteiger partial charge in [-0.05, 0) is 50.5 Å². The Hall–Kier alpha value is -3.38. The van der Waals surface area contributed by atoms with Crippen LogP contribution in [0.15, 0.2) is 54.9 Å². The molecule has 2 aromatic carbocycles. The summed E-state index contributed by atoms with van der Waals surface area (Å²) in [4.78, 5) is 19.9. The summed E-state index contributed by atoms with van der Waals surface area (Å²) in [6.45, 7) is 5.87. The average Bonchev–Trinajstić information content (AvgIpc) is 2.79. The highest BCUT2D eigenvalue weighted by molar-refractivity contribution is 6.07. The second kappa shape index (κ2) is 9.40. The fourth-order valence-corrected chi connectivity index (χ4v) is 4.31. The van der Waals surface area contributed by atoms with E-state index in [0.29, 0.717) is 17.0 Å². The summed E-state index contributed by atoms with van der Waals surface area (Å²) in [7, 11) is 1.59. The van der Waals surface area contributed by atoms with Crippen LogP contribution < -0.4 is 20.7 Å². The zero-order valence-corrected chi connectivity index (χ0v) is 18.9. The highest BCUT2D eigenvalue weighted by Crippen LogP contribution is 2.38. The molecule has 6 nitrogen and oxygen atoms in total. The molecule has 0 spiro atoms. The summed E-state index contributed by atoms with van der Waals surface area (Å²) in [5, 5.41) is 3.10. The van der Waals surface area contributed by atoms with Crippen molar-refractivity contribution in [1.82, 2.24) is 4.98 Å². The molecule has 0 aliphatic carbocycles. The maximum Gasteiger partial charge on any atom is 0.255 e. The number of aryl methyl sites for hydroxylation is 2. The van der Waals surface area contributed by atoms with Crippen LogP contribution in [0.2, 0.25) is 0 Å². The van der Waals surface area contributed by atoms with E-state index in [-0.39, 0.29) is 11.9 Å². The Morgan fingerprint density at radius 3 is 2.50 bits per heavy atom. The fourth-order valence-electron chi connectivity index (χ4n) is 4.31. The molecule has 0 unspecified atom stereocenters. The molecule has 1 aliphatic rings. The fraction of sp³-hybridized carbons (Fsp3) is 0.308. The molecule has 2 heterocycles. The zero-order valence-electron chi connectivity index (χ0n) is 18.9. The Labute approximate surface area is 189 Å². The number of pyridine rings is 1. The lowest BCUT2D eigenvalue weighted by atomic mass is 9.98. The molecule has 0 saturated carbocycles. The minimum absolute atomic E-state index is 0.196. The zero-order chi connectivity index (χ0) is 22.7. The van der Waals surface area contributed by atoms with Crippen LogP contribution in [0.1, 0.15) is 34.3 Å². The van der Waals surface area contributed by atoms with Gasteiger partial charge in [0.1, 0.15) is 5.75 Å². The number of nitrogens with one attached hydrogen (secondary N) is 1. The minimum Gasteiger partial charge on any atom is -0.497 e. The second-order valence-electron chi connectivity index (χ2n) is 8.47. The van der Waals surface area contributed by atoms with Gasteiger partial charge in [0, 0.05) is 36.5 Å². The smallest absolute Gasteiger partial charge is 0.255 e. The minimum atomic E-state index is -0.196. The number of aromatic nitrogens is 1. The third kappa shape index (κ3) is 4.75. The van der Waals surface area contributed by atoms with E-state index >= 15 is 0 Å². The molecule has 166 valence electrons. The van der Waals surface area contributed by atoms with Crippen molar-refractivity contribution in [3.63, 3.8) is 0 Å². The predicted octanol–water partition coefficient (Wildman–Crippen LogP) is 4.55. The lowest BCUT2D eigenvalue weighted by Crippen LogP contribution is -2.40. The lowest BCUT2D eigenvalue weighted by molar-refractivity contribution is 0.102. The van der Waals surface area contributed by atoms with Gasteiger partial charge >= 0.3 is 0 Å². The molecule has 1 amide bonds. The van der Waals surface area contributed by atoms with Crippen molar-refractivity contribution in [2.45, 2.75) is 32.7 Å². The van der Waals surface area contributed by atoms with Gasteiger partial charge in [0.05, 0.1) is 24.7 Å². The SMILES string of the molecule is COc1cccc(C(=O)Nc2cncc(-c3cc(C)cc(C)c3)c2N2CCC(N)CC2)c1. The summed E-state index contributed by atoms with van der Waals surface area (Å²) in [5.41, 5.74) is 12.9. The van der Waals surface area contributed by atoms with Crippen molar-refractivity contribution in [2.24, 2.45) is 5.73 Å². The Balaban J connectivity index is 1.76. The van der Waals surface area contributed by atoms with Gasteiger partial charge in [0.25, 0.3) is 5.91 Å². The number of carbonyl (C=O) groups excluding carboxylic acids is 1. The van der Waals surface area contributed by atoms with E-state index in [1.54, 1.807) is 25.4 Å². The Morgan fingerprint density at radius 2 is 1.81 bits per heavy atom. The third-order valence-corrected chi connectivity index (χ3v) is 5.89.